The normalized spacial score (nSPS) is 34.1. The van der Waals surface area contributed by atoms with Crippen LogP contribution < -0.4 is 0 Å². The average Bonchev–Trinajstić information content (AvgIpc) is 2.46. The molecule has 1 aromatic carbocycles. The van der Waals surface area contributed by atoms with Gasteiger partial charge in [0.15, 0.2) is 6.29 Å². The Labute approximate surface area is 115 Å². The Morgan fingerprint density at radius 2 is 1.65 bits per heavy atom. The van der Waals surface area contributed by atoms with Gasteiger partial charge in [-0.05, 0) is 17.7 Å². The third-order valence-corrected chi connectivity index (χ3v) is 3.20. The SMILES string of the molecule is OC[C@H]1O[C@@H](OCc2ccc(O)cc2)[C@H](O)[C@@H](O)[C@H]1O. The van der Waals surface area contributed by atoms with Gasteiger partial charge in [0.25, 0.3) is 0 Å². The number of aliphatic hydroxyl groups is 4. The number of phenolic OH excluding ortho intramolecular Hbond substituents is 1. The van der Waals surface area contributed by atoms with E-state index in [0.29, 0.717) is 0 Å². The zero-order valence-electron chi connectivity index (χ0n) is 10.7. The Morgan fingerprint density at radius 1 is 1.00 bits per heavy atom. The highest BCUT2D eigenvalue weighted by atomic mass is 16.7. The lowest BCUT2D eigenvalue weighted by Gasteiger charge is -2.39. The number of rotatable bonds is 4. The number of phenols is 1. The number of hydrogen-bond acceptors (Lipinski definition) is 7. The van der Waals surface area contributed by atoms with Crippen molar-refractivity contribution in [3.8, 4) is 5.75 Å². The van der Waals surface area contributed by atoms with Crippen LogP contribution in [0.5, 0.6) is 5.75 Å². The molecule has 0 saturated carbocycles. The maximum atomic E-state index is 9.76. The van der Waals surface area contributed by atoms with Crippen LogP contribution in [0.2, 0.25) is 0 Å². The van der Waals surface area contributed by atoms with Gasteiger partial charge in [0, 0.05) is 0 Å². The van der Waals surface area contributed by atoms with E-state index >= 15 is 0 Å². The van der Waals surface area contributed by atoms with Gasteiger partial charge >= 0.3 is 0 Å². The summed E-state index contributed by atoms with van der Waals surface area (Å²) in [5, 5.41) is 47.2. The van der Waals surface area contributed by atoms with Gasteiger partial charge in [-0.1, -0.05) is 12.1 Å². The highest BCUT2D eigenvalue weighted by Crippen LogP contribution is 2.23. The smallest absolute Gasteiger partial charge is 0.187 e. The second-order valence-corrected chi connectivity index (χ2v) is 4.67. The molecule has 0 bridgehead atoms. The van der Waals surface area contributed by atoms with Crippen LogP contribution >= 0.6 is 0 Å². The van der Waals surface area contributed by atoms with E-state index in [2.05, 4.69) is 0 Å². The fraction of sp³-hybridized carbons (Fsp3) is 0.538. The molecule has 112 valence electrons. The number of aromatic hydroxyl groups is 1. The van der Waals surface area contributed by atoms with Gasteiger partial charge in [-0.3, -0.25) is 0 Å². The highest BCUT2D eigenvalue weighted by molar-refractivity contribution is 5.25. The zero-order valence-corrected chi connectivity index (χ0v) is 10.7. The Bertz CT molecular complexity index is 419. The van der Waals surface area contributed by atoms with Crippen LogP contribution in [0, 0.1) is 0 Å². The summed E-state index contributed by atoms with van der Waals surface area (Å²) in [6.07, 6.45) is -6.41. The second kappa shape index (κ2) is 6.49. The van der Waals surface area contributed by atoms with Crippen molar-refractivity contribution in [2.45, 2.75) is 37.3 Å². The predicted molar refractivity (Wildman–Crippen MR) is 66.7 cm³/mol. The van der Waals surface area contributed by atoms with E-state index in [4.69, 9.17) is 19.7 Å². The van der Waals surface area contributed by atoms with Gasteiger partial charge in [-0.2, -0.15) is 0 Å². The van der Waals surface area contributed by atoms with Gasteiger partial charge in [0.1, 0.15) is 30.2 Å². The first-order chi connectivity index (χ1) is 9.52. The summed E-state index contributed by atoms with van der Waals surface area (Å²) in [6, 6.07) is 6.26. The van der Waals surface area contributed by atoms with E-state index in [1.165, 1.54) is 12.1 Å². The summed E-state index contributed by atoms with van der Waals surface area (Å²) in [5.74, 6) is 0.126. The fourth-order valence-corrected chi connectivity index (χ4v) is 1.98. The lowest BCUT2D eigenvalue weighted by Crippen LogP contribution is -2.59. The summed E-state index contributed by atoms with van der Waals surface area (Å²) in [4.78, 5) is 0. The first-order valence-corrected chi connectivity index (χ1v) is 6.23. The minimum absolute atomic E-state index is 0.0863. The van der Waals surface area contributed by atoms with Gasteiger partial charge in [-0.25, -0.2) is 0 Å². The van der Waals surface area contributed by atoms with Gasteiger partial charge in [-0.15, -0.1) is 0 Å². The maximum absolute atomic E-state index is 9.76. The molecule has 0 unspecified atom stereocenters. The molecule has 7 nitrogen and oxygen atoms in total. The molecular weight excluding hydrogens is 268 g/mol. The van der Waals surface area contributed by atoms with Crippen molar-refractivity contribution in [1.82, 2.24) is 0 Å². The molecule has 5 atom stereocenters. The van der Waals surface area contributed by atoms with Crippen LogP contribution in [0.3, 0.4) is 0 Å². The van der Waals surface area contributed by atoms with E-state index < -0.39 is 37.3 Å². The lowest BCUT2D eigenvalue weighted by molar-refractivity contribution is -0.304. The monoisotopic (exact) mass is 286 g/mol. The standard InChI is InChI=1S/C13H18O7/c14-5-9-10(16)11(17)12(18)13(20-9)19-6-7-1-3-8(15)4-2-7/h1-4,9-18H,5-6H2/t9-,10+,11+,12-,13-/m1/s1. The first kappa shape index (κ1) is 15.2. The van der Waals surface area contributed by atoms with Crippen molar-refractivity contribution in [3.05, 3.63) is 29.8 Å². The molecule has 5 N–H and O–H groups in total. The number of aliphatic hydroxyl groups excluding tert-OH is 4. The summed E-state index contributed by atoms with van der Waals surface area (Å²) in [5.41, 5.74) is 0.736. The van der Waals surface area contributed by atoms with E-state index in [0.717, 1.165) is 5.56 Å². The van der Waals surface area contributed by atoms with Crippen molar-refractivity contribution < 1.29 is 35.0 Å². The van der Waals surface area contributed by atoms with Crippen LogP contribution in [0.4, 0.5) is 0 Å². The maximum Gasteiger partial charge on any atom is 0.187 e. The van der Waals surface area contributed by atoms with E-state index in [1.807, 2.05) is 0 Å². The Balaban J connectivity index is 1.95. The molecular formula is C13H18O7. The van der Waals surface area contributed by atoms with Gasteiger partial charge < -0.3 is 35.0 Å². The van der Waals surface area contributed by atoms with E-state index in [1.54, 1.807) is 12.1 Å². The Kier molecular flexibility index (Phi) is 4.92. The molecule has 0 spiro atoms. The van der Waals surface area contributed by atoms with Gasteiger partial charge in [0.2, 0.25) is 0 Å². The number of hydrogen-bond donors (Lipinski definition) is 5. The third kappa shape index (κ3) is 3.26. The van der Waals surface area contributed by atoms with Crippen molar-refractivity contribution in [3.63, 3.8) is 0 Å². The Hall–Kier alpha value is -1.22. The molecule has 0 radical (unpaired) electrons. The lowest BCUT2D eigenvalue weighted by atomic mass is 9.99. The quantitative estimate of drug-likeness (QED) is 0.467. The van der Waals surface area contributed by atoms with Gasteiger partial charge in [0.05, 0.1) is 13.2 Å². The molecule has 2 rings (SSSR count). The van der Waals surface area contributed by atoms with Crippen molar-refractivity contribution >= 4 is 0 Å². The minimum atomic E-state index is -1.45. The van der Waals surface area contributed by atoms with Crippen LogP contribution in [0.15, 0.2) is 24.3 Å². The molecule has 1 saturated heterocycles. The van der Waals surface area contributed by atoms with Crippen molar-refractivity contribution in [2.24, 2.45) is 0 Å². The van der Waals surface area contributed by atoms with Crippen LogP contribution in [0.25, 0.3) is 0 Å². The molecule has 1 heterocycles. The molecule has 7 heteroatoms. The highest BCUT2D eigenvalue weighted by Gasteiger charge is 2.43. The topological polar surface area (TPSA) is 120 Å². The summed E-state index contributed by atoms with van der Waals surface area (Å²) >= 11 is 0. The summed E-state index contributed by atoms with van der Waals surface area (Å²) in [6.45, 7) is -0.410. The predicted octanol–water partition coefficient (Wildman–Crippen LogP) is -1.29. The van der Waals surface area contributed by atoms with E-state index in [-0.39, 0.29) is 12.4 Å². The zero-order chi connectivity index (χ0) is 14.7. The number of ether oxygens (including phenoxy) is 2. The van der Waals surface area contributed by atoms with Crippen molar-refractivity contribution in [1.29, 1.82) is 0 Å². The molecule has 0 amide bonds. The fourth-order valence-electron chi connectivity index (χ4n) is 1.98. The molecule has 1 fully saturated rings. The molecule has 1 aliphatic rings. The molecule has 1 aromatic rings. The first-order valence-electron chi connectivity index (χ1n) is 6.23. The second-order valence-electron chi connectivity index (χ2n) is 4.67. The van der Waals surface area contributed by atoms with E-state index in [9.17, 15) is 15.3 Å². The number of benzene rings is 1. The molecule has 0 aliphatic carbocycles. The Morgan fingerprint density at radius 3 is 2.25 bits per heavy atom. The third-order valence-electron chi connectivity index (χ3n) is 3.20. The molecule has 1 aliphatic heterocycles. The minimum Gasteiger partial charge on any atom is -0.508 e. The largest absolute Gasteiger partial charge is 0.508 e. The van der Waals surface area contributed by atoms with Crippen LogP contribution in [-0.4, -0.2) is 62.8 Å². The van der Waals surface area contributed by atoms with Crippen LogP contribution in [0.1, 0.15) is 5.56 Å². The summed E-state index contributed by atoms with van der Waals surface area (Å²) < 4.78 is 10.5. The molecule has 0 aromatic heterocycles. The van der Waals surface area contributed by atoms with Crippen LogP contribution in [-0.2, 0) is 16.1 Å². The van der Waals surface area contributed by atoms with Crippen molar-refractivity contribution in [2.75, 3.05) is 6.61 Å². The summed E-state index contributed by atoms with van der Waals surface area (Å²) in [7, 11) is 0. The average molecular weight is 286 g/mol. The molecule has 20 heavy (non-hydrogen) atoms.